The molecule has 228 valence electrons. The van der Waals surface area contributed by atoms with Crippen molar-refractivity contribution in [1.82, 2.24) is 19.5 Å². The second-order valence-electron chi connectivity index (χ2n) is 12.4. The highest BCUT2D eigenvalue weighted by Crippen LogP contribution is 2.43. The Balaban J connectivity index is 1.33. The molecular formula is C45H28N4. The van der Waals surface area contributed by atoms with Crippen molar-refractivity contribution in [2.75, 3.05) is 0 Å². The molecule has 0 fully saturated rings. The highest BCUT2D eigenvalue weighted by molar-refractivity contribution is 6.35. The van der Waals surface area contributed by atoms with Gasteiger partial charge in [0.15, 0.2) is 11.6 Å². The van der Waals surface area contributed by atoms with Crippen molar-refractivity contribution in [2.45, 2.75) is 0 Å². The van der Waals surface area contributed by atoms with Crippen LogP contribution in [0.4, 0.5) is 0 Å². The molecule has 0 aliphatic heterocycles. The van der Waals surface area contributed by atoms with Crippen LogP contribution in [0.5, 0.6) is 0 Å². The molecule has 0 spiro atoms. The molecule has 0 atom stereocenters. The van der Waals surface area contributed by atoms with E-state index in [4.69, 9.17) is 15.0 Å². The molecule has 4 nitrogen and oxygen atoms in total. The van der Waals surface area contributed by atoms with Gasteiger partial charge in [0.2, 0.25) is 5.95 Å². The molecule has 4 heteroatoms. The van der Waals surface area contributed by atoms with Crippen LogP contribution in [0.25, 0.3) is 94.0 Å². The molecule has 0 unspecified atom stereocenters. The van der Waals surface area contributed by atoms with Gasteiger partial charge in [-0.3, -0.25) is 4.57 Å². The second-order valence-corrected chi connectivity index (χ2v) is 12.4. The van der Waals surface area contributed by atoms with Gasteiger partial charge in [-0.1, -0.05) is 158 Å². The molecule has 0 saturated heterocycles. The maximum Gasteiger partial charge on any atom is 0.238 e. The summed E-state index contributed by atoms with van der Waals surface area (Å²) in [5.41, 5.74) is 6.19. The number of para-hydroxylation sites is 1. The van der Waals surface area contributed by atoms with Gasteiger partial charge in [0.05, 0.1) is 11.0 Å². The molecule has 0 aliphatic rings. The number of hydrogen-bond donors (Lipinski definition) is 0. The molecule has 0 N–H and O–H groups in total. The standard InChI is InChI=1S/C45H28N4/c1-3-15-29(16-4-1)31-19-7-12-24-37(31)44-46-43(30-17-5-2-6-18-30)47-45(48-44)49-39-26-14-13-25-38(39)42-40(49)28-27-36-34-22-9-8-20-32(34)33-21-10-11-23-35(33)41(36)42/h1-28H. The third-order valence-corrected chi connectivity index (χ3v) is 9.65. The molecule has 0 bridgehead atoms. The molecule has 10 aromatic rings. The normalized spacial score (nSPS) is 11.7. The van der Waals surface area contributed by atoms with Crippen LogP contribution in [0.3, 0.4) is 0 Å². The summed E-state index contributed by atoms with van der Waals surface area (Å²) in [6.45, 7) is 0. The minimum atomic E-state index is 0.586. The third-order valence-electron chi connectivity index (χ3n) is 9.65. The summed E-state index contributed by atoms with van der Waals surface area (Å²) in [6, 6.07) is 59.6. The second kappa shape index (κ2) is 11.0. The van der Waals surface area contributed by atoms with E-state index in [1.54, 1.807) is 0 Å². The Bertz CT molecular complexity index is 2840. The van der Waals surface area contributed by atoms with E-state index in [1.807, 2.05) is 24.3 Å². The van der Waals surface area contributed by atoms with Crippen molar-refractivity contribution in [2.24, 2.45) is 0 Å². The maximum atomic E-state index is 5.29. The molecule has 0 saturated carbocycles. The van der Waals surface area contributed by atoms with E-state index in [9.17, 15) is 0 Å². The van der Waals surface area contributed by atoms with Crippen molar-refractivity contribution in [3.63, 3.8) is 0 Å². The van der Waals surface area contributed by atoms with E-state index in [-0.39, 0.29) is 0 Å². The van der Waals surface area contributed by atoms with Gasteiger partial charge in [0, 0.05) is 27.3 Å². The lowest BCUT2D eigenvalue weighted by Gasteiger charge is -2.14. The Hall–Kier alpha value is -6.65. The van der Waals surface area contributed by atoms with Gasteiger partial charge in [-0.15, -0.1) is 0 Å². The summed E-state index contributed by atoms with van der Waals surface area (Å²) < 4.78 is 2.22. The predicted octanol–water partition coefficient (Wildman–Crippen LogP) is 11.4. The summed E-state index contributed by atoms with van der Waals surface area (Å²) in [6.07, 6.45) is 0. The number of aromatic nitrogens is 4. The quantitative estimate of drug-likeness (QED) is 0.183. The van der Waals surface area contributed by atoms with Gasteiger partial charge < -0.3 is 0 Å². The molecule has 0 radical (unpaired) electrons. The summed E-state index contributed by atoms with van der Waals surface area (Å²) in [4.78, 5) is 15.6. The number of rotatable bonds is 4. The molecule has 0 amide bonds. The van der Waals surface area contributed by atoms with Crippen molar-refractivity contribution in [3.8, 4) is 39.9 Å². The molecule has 10 rings (SSSR count). The summed E-state index contributed by atoms with van der Waals surface area (Å²) in [5, 5.41) is 9.85. The van der Waals surface area contributed by atoms with Crippen molar-refractivity contribution >= 4 is 54.1 Å². The Morgan fingerprint density at radius 1 is 0.306 bits per heavy atom. The van der Waals surface area contributed by atoms with E-state index in [0.29, 0.717) is 17.6 Å². The van der Waals surface area contributed by atoms with E-state index in [1.165, 1.54) is 37.7 Å². The SMILES string of the molecule is c1ccc(-c2nc(-c3ccccc3-c3ccccc3)nc(-n3c4ccccc4c4c5c6ccccc6c6ccccc6c5ccc43)n2)cc1. The lowest BCUT2D eigenvalue weighted by atomic mass is 9.92. The summed E-state index contributed by atoms with van der Waals surface area (Å²) >= 11 is 0. The molecular weight excluding hydrogens is 597 g/mol. The predicted molar refractivity (Wildman–Crippen MR) is 203 cm³/mol. The van der Waals surface area contributed by atoms with Gasteiger partial charge in [-0.05, 0) is 50.2 Å². The number of nitrogens with zero attached hydrogens (tertiary/aromatic N) is 4. The summed E-state index contributed by atoms with van der Waals surface area (Å²) in [5.74, 6) is 1.85. The molecule has 8 aromatic carbocycles. The van der Waals surface area contributed by atoms with Crippen LogP contribution < -0.4 is 0 Å². The van der Waals surface area contributed by atoms with Gasteiger partial charge in [-0.2, -0.15) is 9.97 Å². The van der Waals surface area contributed by atoms with Crippen molar-refractivity contribution in [3.05, 3.63) is 170 Å². The molecule has 49 heavy (non-hydrogen) atoms. The smallest absolute Gasteiger partial charge is 0.238 e. The van der Waals surface area contributed by atoms with Gasteiger partial charge in [0.25, 0.3) is 0 Å². The Labute approximate surface area is 282 Å². The van der Waals surface area contributed by atoms with Gasteiger partial charge in [-0.25, -0.2) is 4.98 Å². The topological polar surface area (TPSA) is 43.6 Å². The fourth-order valence-corrected chi connectivity index (χ4v) is 7.52. The Morgan fingerprint density at radius 2 is 0.816 bits per heavy atom. The first-order chi connectivity index (χ1) is 24.3. The fourth-order valence-electron chi connectivity index (χ4n) is 7.52. The Morgan fingerprint density at radius 3 is 1.53 bits per heavy atom. The fraction of sp³-hybridized carbons (Fsp3) is 0. The average molecular weight is 625 g/mol. The number of fused-ring (bicyclic) bond motifs is 10. The van der Waals surface area contributed by atoms with E-state index >= 15 is 0 Å². The molecule has 2 heterocycles. The van der Waals surface area contributed by atoms with E-state index in [0.717, 1.165) is 38.7 Å². The first kappa shape index (κ1) is 27.5. The largest absolute Gasteiger partial charge is 0.278 e. The molecule has 0 aliphatic carbocycles. The third kappa shape index (κ3) is 4.28. The van der Waals surface area contributed by atoms with Crippen LogP contribution in [0.15, 0.2) is 170 Å². The van der Waals surface area contributed by atoms with Crippen LogP contribution in [-0.2, 0) is 0 Å². The van der Waals surface area contributed by atoms with Crippen LogP contribution in [-0.4, -0.2) is 19.5 Å². The lowest BCUT2D eigenvalue weighted by molar-refractivity contribution is 0.954. The highest BCUT2D eigenvalue weighted by atomic mass is 15.2. The zero-order valence-corrected chi connectivity index (χ0v) is 26.5. The van der Waals surface area contributed by atoms with Gasteiger partial charge in [0.1, 0.15) is 0 Å². The van der Waals surface area contributed by atoms with Crippen molar-refractivity contribution in [1.29, 1.82) is 0 Å². The molecule has 2 aromatic heterocycles. The van der Waals surface area contributed by atoms with Crippen molar-refractivity contribution < 1.29 is 0 Å². The van der Waals surface area contributed by atoms with Crippen LogP contribution in [0, 0.1) is 0 Å². The van der Waals surface area contributed by atoms with E-state index < -0.39 is 0 Å². The first-order valence-corrected chi connectivity index (χ1v) is 16.6. The minimum Gasteiger partial charge on any atom is -0.278 e. The average Bonchev–Trinajstić information content (AvgIpc) is 3.53. The summed E-state index contributed by atoms with van der Waals surface area (Å²) in [7, 11) is 0. The number of hydrogen-bond acceptors (Lipinski definition) is 3. The van der Waals surface area contributed by atoms with Gasteiger partial charge >= 0.3 is 0 Å². The number of benzene rings is 8. The zero-order valence-electron chi connectivity index (χ0n) is 26.5. The maximum absolute atomic E-state index is 5.29. The minimum absolute atomic E-state index is 0.586. The Kier molecular flexibility index (Phi) is 6.15. The van der Waals surface area contributed by atoms with Crippen LogP contribution in [0.2, 0.25) is 0 Å². The van der Waals surface area contributed by atoms with E-state index in [2.05, 4.69) is 150 Å². The monoisotopic (exact) mass is 624 g/mol. The first-order valence-electron chi connectivity index (χ1n) is 16.6. The zero-order chi connectivity index (χ0) is 32.3. The van der Waals surface area contributed by atoms with Crippen LogP contribution in [0.1, 0.15) is 0 Å². The van der Waals surface area contributed by atoms with Crippen LogP contribution >= 0.6 is 0 Å². The highest BCUT2D eigenvalue weighted by Gasteiger charge is 2.21. The lowest BCUT2D eigenvalue weighted by Crippen LogP contribution is -2.06.